The minimum Gasteiger partial charge on any atom is -0.481 e. The van der Waals surface area contributed by atoms with Crippen LogP contribution in [0.5, 0.6) is 0 Å². The van der Waals surface area contributed by atoms with Crippen LogP contribution in [0, 0.1) is 5.92 Å². The van der Waals surface area contributed by atoms with Crippen molar-refractivity contribution in [3.05, 3.63) is 35.2 Å². The Morgan fingerprint density at radius 1 is 1.44 bits per heavy atom. The molecule has 16 heavy (non-hydrogen) atoms. The zero-order valence-electron chi connectivity index (χ0n) is 8.88. The molecular formula is C12H13NO2S. The molecule has 2 unspecified atom stereocenters. The number of hydrogen-bond donors (Lipinski definition) is 2. The fourth-order valence-corrected chi connectivity index (χ4v) is 2.69. The third kappa shape index (κ3) is 1.81. The highest BCUT2D eigenvalue weighted by Crippen LogP contribution is 2.32. The molecule has 0 aliphatic heterocycles. The van der Waals surface area contributed by atoms with Gasteiger partial charge in [0, 0.05) is 10.7 Å². The first-order valence-corrected chi connectivity index (χ1v) is 5.93. The number of thiophene rings is 1. The van der Waals surface area contributed by atoms with E-state index < -0.39 is 17.9 Å². The largest absolute Gasteiger partial charge is 0.481 e. The molecule has 0 spiro atoms. The Morgan fingerprint density at radius 3 is 2.81 bits per heavy atom. The molecule has 2 aromatic rings. The Labute approximate surface area is 97.5 Å². The van der Waals surface area contributed by atoms with E-state index in [1.807, 2.05) is 29.6 Å². The molecule has 1 aromatic carbocycles. The Balaban J connectivity index is 2.44. The van der Waals surface area contributed by atoms with Gasteiger partial charge < -0.3 is 10.8 Å². The highest BCUT2D eigenvalue weighted by atomic mass is 32.1. The normalized spacial score (nSPS) is 14.9. The van der Waals surface area contributed by atoms with Gasteiger partial charge >= 0.3 is 5.97 Å². The predicted octanol–water partition coefficient (Wildman–Crippen LogP) is 2.62. The molecule has 1 heterocycles. The summed E-state index contributed by atoms with van der Waals surface area (Å²) in [5.41, 5.74) is 6.90. The smallest absolute Gasteiger partial charge is 0.308 e. The van der Waals surface area contributed by atoms with Crippen LogP contribution in [-0.2, 0) is 4.79 Å². The number of carboxylic acids is 1. The van der Waals surface area contributed by atoms with Crippen molar-refractivity contribution in [3.8, 4) is 0 Å². The highest BCUT2D eigenvalue weighted by molar-refractivity contribution is 7.17. The molecule has 4 heteroatoms. The minimum atomic E-state index is -0.859. The number of aliphatic carboxylic acids is 1. The summed E-state index contributed by atoms with van der Waals surface area (Å²) in [6.45, 7) is 1.64. The summed E-state index contributed by atoms with van der Waals surface area (Å²) < 4.78 is 1.14. The van der Waals surface area contributed by atoms with Crippen LogP contribution < -0.4 is 5.73 Å². The molecule has 3 N–H and O–H groups in total. The molecule has 0 saturated heterocycles. The zero-order chi connectivity index (χ0) is 11.7. The standard InChI is InChI=1S/C12H13NO2S/c1-7(12(14)15)11(13)9-6-16-10-5-3-2-4-8(9)10/h2-7,11H,13H2,1H3,(H,14,15). The van der Waals surface area contributed by atoms with Gasteiger partial charge in [0.1, 0.15) is 0 Å². The highest BCUT2D eigenvalue weighted by Gasteiger charge is 2.23. The molecule has 1 aromatic heterocycles. The molecular weight excluding hydrogens is 222 g/mol. The molecule has 0 bridgehead atoms. The maximum atomic E-state index is 10.9. The maximum Gasteiger partial charge on any atom is 0.308 e. The number of carbonyl (C=O) groups is 1. The summed E-state index contributed by atoms with van der Waals surface area (Å²) in [6.07, 6.45) is 0. The lowest BCUT2D eigenvalue weighted by Gasteiger charge is -2.15. The Kier molecular flexibility index (Phi) is 2.94. The van der Waals surface area contributed by atoms with Gasteiger partial charge in [-0.1, -0.05) is 25.1 Å². The van der Waals surface area contributed by atoms with Gasteiger partial charge in [-0.3, -0.25) is 4.79 Å². The third-order valence-electron chi connectivity index (χ3n) is 2.80. The first-order chi connectivity index (χ1) is 7.61. The van der Waals surface area contributed by atoms with Crippen molar-refractivity contribution in [2.45, 2.75) is 13.0 Å². The number of benzene rings is 1. The van der Waals surface area contributed by atoms with Crippen molar-refractivity contribution in [1.29, 1.82) is 0 Å². The Morgan fingerprint density at radius 2 is 2.12 bits per heavy atom. The van der Waals surface area contributed by atoms with Crippen LogP contribution in [0.4, 0.5) is 0 Å². The topological polar surface area (TPSA) is 63.3 Å². The quantitative estimate of drug-likeness (QED) is 0.859. The molecule has 0 amide bonds. The van der Waals surface area contributed by atoms with E-state index in [4.69, 9.17) is 10.8 Å². The maximum absolute atomic E-state index is 10.9. The Bertz CT molecular complexity index is 520. The molecule has 3 nitrogen and oxygen atoms in total. The third-order valence-corrected chi connectivity index (χ3v) is 3.78. The van der Waals surface area contributed by atoms with E-state index in [0.29, 0.717) is 0 Å². The lowest BCUT2D eigenvalue weighted by Crippen LogP contribution is -2.25. The zero-order valence-corrected chi connectivity index (χ0v) is 9.70. The second-order valence-corrected chi connectivity index (χ2v) is 4.75. The summed E-state index contributed by atoms with van der Waals surface area (Å²) in [5, 5.41) is 12.0. The number of carboxylic acid groups (broad SMARTS) is 1. The van der Waals surface area contributed by atoms with Crippen LogP contribution in [0.15, 0.2) is 29.6 Å². The van der Waals surface area contributed by atoms with Crippen molar-refractivity contribution < 1.29 is 9.90 Å². The van der Waals surface area contributed by atoms with Gasteiger partial charge in [0.25, 0.3) is 0 Å². The monoisotopic (exact) mass is 235 g/mol. The van der Waals surface area contributed by atoms with E-state index >= 15 is 0 Å². The average Bonchev–Trinajstić information content (AvgIpc) is 2.70. The van der Waals surface area contributed by atoms with Gasteiger partial charge in [-0.05, 0) is 22.4 Å². The minimum absolute atomic E-state index is 0.450. The second-order valence-electron chi connectivity index (χ2n) is 3.84. The van der Waals surface area contributed by atoms with Crippen molar-refractivity contribution in [1.82, 2.24) is 0 Å². The molecule has 0 fully saturated rings. The van der Waals surface area contributed by atoms with E-state index in [9.17, 15) is 4.79 Å². The van der Waals surface area contributed by atoms with Crippen LogP contribution in [0.3, 0.4) is 0 Å². The van der Waals surface area contributed by atoms with Crippen molar-refractivity contribution in [3.63, 3.8) is 0 Å². The van der Waals surface area contributed by atoms with Gasteiger partial charge in [-0.2, -0.15) is 0 Å². The van der Waals surface area contributed by atoms with Gasteiger partial charge in [-0.25, -0.2) is 0 Å². The summed E-state index contributed by atoms with van der Waals surface area (Å²) in [6, 6.07) is 7.46. The van der Waals surface area contributed by atoms with Gasteiger partial charge in [0.15, 0.2) is 0 Å². The van der Waals surface area contributed by atoms with Crippen molar-refractivity contribution in [2.24, 2.45) is 11.7 Å². The van der Waals surface area contributed by atoms with E-state index in [1.165, 1.54) is 0 Å². The number of fused-ring (bicyclic) bond motifs is 1. The molecule has 0 aliphatic carbocycles. The summed E-state index contributed by atoms with van der Waals surface area (Å²) in [4.78, 5) is 10.9. The average molecular weight is 235 g/mol. The fraction of sp³-hybridized carbons (Fsp3) is 0.250. The van der Waals surface area contributed by atoms with Gasteiger partial charge in [0.2, 0.25) is 0 Å². The van der Waals surface area contributed by atoms with E-state index in [-0.39, 0.29) is 0 Å². The summed E-state index contributed by atoms with van der Waals surface area (Å²) in [7, 11) is 0. The molecule has 2 rings (SSSR count). The fourth-order valence-electron chi connectivity index (χ4n) is 1.68. The number of nitrogens with two attached hydrogens (primary N) is 1. The van der Waals surface area contributed by atoms with E-state index in [0.717, 1.165) is 15.6 Å². The van der Waals surface area contributed by atoms with Crippen LogP contribution in [0.25, 0.3) is 10.1 Å². The summed E-state index contributed by atoms with van der Waals surface area (Å²) in [5.74, 6) is -1.43. The van der Waals surface area contributed by atoms with E-state index in [2.05, 4.69) is 0 Å². The van der Waals surface area contributed by atoms with Gasteiger partial charge in [0.05, 0.1) is 5.92 Å². The molecule has 0 saturated carbocycles. The first kappa shape index (κ1) is 11.1. The van der Waals surface area contributed by atoms with Crippen molar-refractivity contribution >= 4 is 27.4 Å². The summed E-state index contributed by atoms with van der Waals surface area (Å²) >= 11 is 1.60. The molecule has 0 radical (unpaired) electrons. The lowest BCUT2D eigenvalue weighted by molar-refractivity contribution is -0.141. The number of hydrogen-bond acceptors (Lipinski definition) is 3. The SMILES string of the molecule is CC(C(=O)O)C(N)c1csc2ccccc12. The molecule has 0 aliphatic rings. The van der Waals surface area contributed by atoms with Crippen LogP contribution in [0.2, 0.25) is 0 Å². The van der Waals surface area contributed by atoms with E-state index in [1.54, 1.807) is 18.3 Å². The lowest BCUT2D eigenvalue weighted by atomic mass is 9.95. The predicted molar refractivity (Wildman–Crippen MR) is 65.6 cm³/mol. The molecule has 84 valence electrons. The van der Waals surface area contributed by atoms with Crippen molar-refractivity contribution in [2.75, 3.05) is 0 Å². The van der Waals surface area contributed by atoms with Crippen LogP contribution >= 0.6 is 11.3 Å². The first-order valence-electron chi connectivity index (χ1n) is 5.05. The number of rotatable bonds is 3. The van der Waals surface area contributed by atoms with Gasteiger partial charge in [-0.15, -0.1) is 11.3 Å². The Hall–Kier alpha value is -1.39. The van der Waals surface area contributed by atoms with Crippen LogP contribution in [-0.4, -0.2) is 11.1 Å². The van der Waals surface area contributed by atoms with Crippen LogP contribution in [0.1, 0.15) is 18.5 Å². The second kappa shape index (κ2) is 4.23. The molecule has 2 atom stereocenters.